The second kappa shape index (κ2) is 4.89. The Labute approximate surface area is 122 Å². The molecule has 2 atom stereocenters. The van der Waals surface area contributed by atoms with Crippen molar-refractivity contribution in [2.45, 2.75) is 18.2 Å². The smallest absolute Gasteiger partial charge is 0.244 e. The van der Waals surface area contributed by atoms with Crippen LogP contribution in [0, 0.1) is 0 Å². The molecule has 2 aliphatic heterocycles. The minimum Gasteiger partial charge on any atom is -0.316 e. The predicted octanol–water partition coefficient (Wildman–Crippen LogP) is 1.31. The second-order valence-corrected chi connectivity index (χ2v) is 8.28. The normalized spacial score (nSPS) is 29.6. The third-order valence-corrected chi connectivity index (χ3v) is 6.56. The van der Waals surface area contributed by atoms with E-state index in [1.807, 2.05) is 35.2 Å². The van der Waals surface area contributed by atoms with E-state index in [0.29, 0.717) is 5.17 Å². The number of sulfone groups is 1. The van der Waals surface area contributed by atoms with Gasteiger partial charge in [0.25, 0.3) is 0 Å². The molecule has 0 unspecified atom stereocenters. The molecule has 7 heteroatoms. The van der Waals surface area contributed by atoms with Crippen molar-refractivity contribution >= 4 is 38.4 Å². The highest BCUT2D eigenvalue weighted by molar-refractivity contribution is 8.16. The highest BCUT2D eigenvalue weighted by atomic mass is 32.2. The molecule has 2 aliphatic rings. The van der Waals surface area contributed by atoms with Gasteiger partial charge in [0.1, 0.15) is 0 Å². The molecule has 1 aromatic rings. The zero-order valence-corrected chi connectivity index (χ0v) is 12.5. The number of carbonyl (C=O) groups is 1. The molecule has 2 fully saturated rings. The van der Waals surface area contributed by atoms with E-state index in [1.54, 1.807) is 0 Å². The Hall–Kier alpha value is -1.34. The van der Waals surface area contributed by atoms with Gasteiger partial charge in [-0.3, -0.25) is 4.79 Å². The number of hydrogen-bond donors (Lipinski definition) is 0. The number of amidine groups is 1. The van der Waals surface area contributed by atoms with Gasteiger partial charge in [-0.15, -0.1) is 0 Å². The third-order valence-electron chi connectivity index (χ3n) is 3.35. The van der Waals surface area contributed by atoms with E-state index < -0.39 is 9.84 Å². The summed E-state index contributed by atoms with van der Waals surface area (Å²) >= 11 is 1.39. The molecule has 1 aromatic carbocycles. The first-order chi connectivity index (χ1) is 9.46. The number of carbonyl (C=O) groups excluding carboxylic acids is 1. The Bertz CT molecular complexity index is 670. The monoisotopic (exact) mass is 310 g/mol. The van der Waals surface area contributed by atoms with Crippen molar-refractivity contribution in [2.75, 3.05) is 16.4 Å². The van der Waals surface area contributed by atoms with E-state index in [4.69, 9.17) is 0 Å². The summed E-state index contributed by atoms with van der Waals surface area (Å²) < 4.78 is 23.6. The van der Waals surface area contributed by atoms with Crippen LogP contribution in [0.5, 0.6) is 0 Å². The average molecular weight is 310 g/mol. The van der Waals surface area contributed by atoms with Crippen molar-refractivity contribution in [1.82, 2.24) is 0 Å². The first-order valence-electron chi connectivity index (χ1n) is 6.27. The van der Waals surface area contributed by atoms with Gasteiger partial charge in [0.15, 0.2) is 15.0 Å². The molecular weight excluding hydrogens is 296 g/mol. The van der Waals surface area contributed by atoms with Crippen molar-refractivity contribution in [2.24, 2.45) is 4.99 Å². The van der Waals surface area contributed by atoms with Gasteiger partial charge in [0.2, 0.25) is 5.91 Å². The van der Waals surface area contributed by atoms with Crippen LogP contribution in [0.2, 0.25) is 0 Å². The zero-order chi connectivity index (χ0) is 14.3. The van der Waals surface area contributed by atoms with Crippen LogP contribution in [0.4, 0.5) is 5.69 Å². The number of nitrogens with zero attached hydrogens (tertiary/aromatic N) is 2. The predicted molar refractivity (Wildman–Crippen MR) is 80.9 cm³/mol. The standard InChI is InChI=1S/C13H14N2O3S2/c1-9(16)14-13-15(10-5-3-2-4-6-10)11-7-20(17,18)8-12(11)19-13/h2-6,11-12H,7-8H2,1H3/t11-,12-/m0/s1. The summed E-state index contributed by atoms with van der Waals surface area (Å²) in [5, 5.41) is 0.562. The number of aliphatic imine (C=N–C) groups is 1. The van der Waals surface area contributed by atoms with Crippen molar-refractivity contribution < 1.29 is 13.2 Å². The molecule has 2 saturated heterocycles. The van der Waals surface area contributed by atoms with Crippen LogP contribution < -0.4 is 4.90 Å². The number of hydrogen-bond acceptors (Lipinski definition) is 4. The molecule has 1 amide bonds. The Morgan fingerprint density at radius 3 is 2.65 bits per heavy atom. The van der Waals surface area contributed by atoms with Crippen molar-refractivity contribution in [3.63, 3.8) is 0 Å². The molecule has 0 aliphatic carbocycles. The zero-order valence-electron chi connectivity index (χ0n) is 10.9. The maximum Gasteiger partial charge on any atom is 0.244 e. The van der Waals surface area contributed by atoms with E-state index in [2.05, 4.69) is 4.99 Å². The van der Waals surface area contributed by atoms with E-state index in [9.17, 15) is 13.2 Å². The highest BCUT2D eigenvalue weighted by Gasteiger charge is 2.49. The maximum atomic E-state index is 11.8. The van der Waals surface area contributed by atoms with Gasteiger partial charge in [-0.2, -0.15) is 4.99 Å². The van der Waals surface area contributed by atoms with E-state index in [-0.39, 0.29) is 28.7 Å². The molecule has 3 rings (SSSR count). The number of fused-ring (bicyclic) bond motifs is 1. The summed E-state index contributed by atoms with van der Waals surface area (Å²) in [6.45, 7) is 1.40. The maximum absolute atomic E-state index is 11.8. The van der Waals surface area contributed by atoms with Gasteiger partial charge in [-0.1, -0.05) is 30.0 Å². The molecular formula is C13H14N2O3S2. The van der Waals surface area contributed by atoms with Gasteiger partial charge in [0, 0.05) is 17.9 Å². The number of amides is 1. The largest absolute Gasteiger partial charge is 0.316 e. The van der Waals surface area contributed by atoms with Crippen LogP contribution in [0.15, 0.2) is 35.3 Å². The number of thioether (sulfide) groups is 1. The SMILES string of the molecule is CC(=O)N=C1S[C@H]2CS(=O)(=O)C[C@@H]2N1c1ccccc1. The van der Waals surface area contributed by atoms with Crippen molar-refractivity contribution in [1.29, 1.82) is 0 Å². The topological polar surface area (TPSA) is 66.8 Å². The molecule has 0 saturated carbocycles. The molecule has 0 aromatic heterocycles. The molecule has 0 bridgehead atoms. The van der Waals surface area contributed by atoms with Gasteiger partial charge in [-0.25, -0.2) is 8.42 Å². The number of rotatable bonds is 1. The first-order valence-corrected chi connectivity index (χ1v) is 8.97. The lowest BCUT2D eigenvalue weighted by molar-refractivity contribution is -0.115. The quantitative estimate of drug-likeness (QED) is 0.782. The van der Waals surface area contributed by atoms with Gasteiger partial charge >= 0.3 is 0 Å². The lowest BCUT2D eigenvalue weighted by atomic mass is 10.2. The van der Waals surface area contributed by atoms with Crippen LogP contribution in [0.3, 0.4) is 0 Å². The van der Waals surface area contributed by atoms with Crippen LogP contribution >= 0.6 is 11.8 Å². The lowest BCUT2D eigenvalue weighted by Crippen LogP contribution is -2.37. The highest BCUT2D eigenvalue weighted by Crippen LogP contribution is 2.40. The summed E-state index contributed by atoms with van der Waals surface area (Å²) in [4.78, 5) is 17.2. The Morgan fingerprint density at radius 2 is 2.00 bits per heavy atom. The van der Waals surface area contributed by atoms with Gasteiger partial charge in [0.05, 0.1) is 17.5 Å². The minimum atomic E-state index is -3.00. The van der Waals surface area contributed by atoms with Gasteiger partial charge in [-0.05, 0) is 12.1 Å². The lowest BCUT2D eigenvalue weighted by Gasteiger charge is -2.24. The Balaban J connectivity index is 2.03. The molecule has 106 valence electrons. The van der Waals surface area contributed by atoms with Crippen molar-refractivity contribution in [3.05, 3.63) is 30.3 Å². The molecule has 0 spiro atoms. The van der Waals surface area contributed by atoms with Crippen LogP contribution in [-0.2, 0) is 14.6 Å². The van der Waals surface area contributed by atoms with Crippen LogP contribution in [0.1, 0.15) is 6.92 Å². The van der Waals surface area contributed by atoms with Crippen LogP contribution in [0.25, 0.3) is 0 Å². The van der Waals surface area contributed by atoms with E-state index in [1.165, 1.54) is 18.7 Å². The first kappa shape index (κ1) is 13.6. The fraction of sp³-hybridized carbons (Fsp3) is 0.385. The minimum absolute atomic E-state index is 0.0432. The Kier molecular flexibility index (Phi) is 3.33. The molecule has 5 nitrogen and oxygen atoms in total. The van der Waals surface area contributed by atoms with Crippen LogP contribution in [-0.4, -0.2) is 42.3 Å². The Morgan fingerprint density at radius 1 is 1.30 bits per heavy atom. The van der Waals surface area contributed by atoms with Crippen molar-refractivity contribution in [3.8, 4) is 0 Å². The number of anilines is 1. The second-order valence-electron chi connectivity index (χ2n) is 4.92. The third kappa shape index (κ3) is 2.47. The summed E-state index contributed by atoms with van der Waals surface area (Å²) in [5.41, 5.74) is 0.879. The number of para-hydroxylation sites is 1. The summed E-state index contributed by atoms with van der Waals surface area (Å²) in [5.74, 6) is 0.00951. The molecule has 0 radical (unpaired) electrons. The molecule has 20 heavy (non-hydrogen) atoms. The van der Waals surface area contributed by atoms with E-state index in [0.717, 1.165) is 5.69 Å². The molecule has 2 heterocycles. The number of benzene rings is 1. The fourth-order valence-corrected chi connectivity index (χ4v) is 6.55. The summed E-state index contributed by atoms with van der Waals surface area (Å²) in [6, 6.07) is 9.36. The fourth-order valence-electron chi connectivity index (χ4n) is 2.59. The molecule has 0 N–H and O–H groups in total. The van der Waals surface area contributed by atoms with E-state index >= 15 is 0 Å². The average Bonchev–Trinajstić information content (AvgIpc) is 2.80. The summed E-state index contributed by atoms with van der Waals surface area (Å²) in [7, 11) is -3.00. The van der Waals surface area contributed by atoms with Gasteiger partial charge < -0.3 is 4.90 Å². The summed E-state index contributed by atoms with van der Waals surface area (Å²) in [6.07, 6.45) is 0.